The number of ether oxygens (including phenoxy) is 2. The monoisotopic (exact) mass is 478 g/mol. The van der Waals surface area contributed by atoms with Crippen molar-refractivity contribution in [3.8, 4) is 0 Å². The van der Waals surface area contributed by atoms with Crippen LogP contribution in [0.15, 0.2) is 72.1 Å². The first-order valence-corrected chi connectivity index (χ1v) is 12.5. The molecule has 0 aromatic rings. The maximum absolute atomic E-state index is 15.1. The molecular formula is C30H48F2O2. The summed E-state index contributed by atoms with van der Waals surface area (Å²) in [6, 6.07) is 0. The summed E-state index contributed by atoms with van der Waals surface area (Å²) in [6.07, 6.45) is 6.45. The van der Waals surface area contributed by atoms with E-state index in [2.05, 4.69) is 54.0 Å². The quantitative estimate of drug-likeness (QED) is 0.111. The van der Waals surface area contributed by atoms with Crippen molar-refractivity contribution in [1.29, 1.82) is 0 Å². The summed E-state index contributed by atoms with van der Waals surface area (Å²) in [5, 5.41) is 0. The molecule has 0 fully saturated rings. The minimum Gasteiger partial charge on any atom is -0.491 e. The molecule has 0 aliphatic heterocycles. The van der Waals surface area contributed by atoms with Crippen LogP contribution in [0.2, 0.25) is 0 Å². The van der Waals surface area contributed by atoms with Gasteiger partial charge in [0.15, 0.2) is 11.7 Å². The third kappa shape index (κ3) is 11.5. The normalized spacial score (nSPS) is 15.4. The highest BCUT2D eigenvalue weighted by Crippen LogP contribution is 2.34. The smallest absolute Gasteiger partial charge is 0.166 e. The average Bonchev–Trinajstić information content (AvgIpc) is 2.82. The molecule has 34 heavy (non-hydrogen) atoms. The van der Waals surface area contributed by atoms with Crippen molar-refractivity contribution in [3.05, 3.63) is 72.1 Å². The third-order valence-corrected chi connectivity index (χ3v) is 6.56. The van der Waals surface area contributed by atoms with Crippen molar-refractivity contribution in [2.75, 3.05) is 20.3 Å². The van der Waals surface area contributed by atoms with E-state index in [0.717, 1.165) is 18.4 Å². The van der Waals surface area contributed by atoms with Crippen LogP contribution in [0.1, 0.15) is 73.6 Å². The van der Waals surface area contributed by atoms with Gasteiger partial charge in [0.05, 0.1) is 6.61 Å². The van der Waals surface area contributed by atoms with E-state index >= 15 is 8.78 Å². The fraction of sp³-hybridized carbons (Fsp3) is 0.600. The van der Waals surface area contributed by atoms with Crippen LogP contribution in [0, 0.1) is 23.7 Å². The molecule has 0 aliphatic rings. The van der Waals surface area contributed by atoms with Crippen molar-refractivity contribution in [2.24, 2.45) is 23.7 Å². The molecule has 194 valence electrons. The van der Waals surface area contributed by atoms with Gasteiger partial charge < -0.3 is 9.47 Å². The van der Waals surface area contributed by atoms with E-state index in [-0.39, 0.29) is 29.2 Å². The SMILES string of the molecule is C=C(/C=C(/OCCOC)C(=C)C(=C)/C(F)=C(/F)C(=C)C(C)CCC(C)C(C)CCC(C)C)CC. The Labute approximate surface area is 208 Å². The van der Waals surface area contributed by atoms with Gasteiger partial charge in [-0.05, 0) is 54.6 Å². The van der Waals surface area contributed by atoms with Crippen molar-refractivity contribution in [2.45, 2.75) is 73.6 Å². The largest absolute Gasteiger partial charge is 0.491 e. The molecular weight excluding hydrogens is 430 g/mol. The van der Waals surface area contributed by atoms with Gasteiger partial charge in [-0.25, -0.2) is 8.78 Å². The number of halogens is 2. The lowest BCUT2D eigenvalue weighted by Crippen LogP contribution is -2.11. The summed E-state index contributed by atoms with van der Waals surface area (Å²) in [7, 11) is 1.56. The minimum atomic E-state index is -1.05. The van der Waals surface area contributed by atoms with Crippen molar-refractivity contribution >= 4 is 0 Å². The first-order valence-electron chi connectivity index (χ1n) is 12.5. The zero-order valence-corrected chi connectivity index (χ0v) is 22.7. The van der Waals surface area contributed by atoms with Crippen LogP contribution in [-0.4, -0.2) is 20.3 Å². The Bertz CT molecular complexity index is 758. The van der Waals surface area contributed by atoms with Crippen LogP contribution < -0.4 is 0 Å². The molecule has 2 nitrogen and oxygen atoms in total. The predicted octanol–water partition coefficient (Wildman–Crippen LogP) is 9.44. The van der Waals surface area contributed by atoms with E-state index in [1.165, 1.54) is 12.8 Å². The summed E-state index contributed by atoms with van der Waals surface area (Å²) < 4.78 is 40.8. The molecule has 0 aromatic carbocycles. The third-order valence-electron chi connectivity index (χ3n) is 6.56. The molecule has 4 heteroatoms. The van der Waals surface area contributed by atoms with Crippen LogP contribution in [-0.2, 0) is 9.47 Å². The van der Waals surface area contributed by atoms with Gasteiger partial charge in [-0.1, -0.05) is 86.3 Å². The van der Waals surface area contributed by atoms with Gasteiger partial charge in [-0.3, -0.25) is 0 Å². The second-order valence-corrected chi connectivity index (χ2v) is 9.88. The summed E-state index contributed by atoms with van der Waals surface area (Å²) >= 11 is 0. The molecule has 0 N–H and O–H groups in total. The molecule has 3 atom stereocenters. The number of hydrogen-bond donors (Lipinski definition) is 0. The maximum Gasteiger partial charge on any atom is 0.166 e. The molecule has 0 aromatic heterocycles. The number of allylic oxidation sites excluding steroid dienone is 6. The van der Waals surface area contributed by atoms with Crippen LogP contribution >= 0.6 is 0 Å². The van der Waals surface area contributed by atoms with Gasteiger partial charge in [0, 0.05) is 18.3 Å². The Morgan fingerprint density at radius 1 is 0.794 bits per heavy atom. The highest BCUT2D eigenvalue weighted by Gasteiger charge is 2.22. The fourth-order valence-corrected chi connectivity index (χ4v) is 3.36. The molecule has 0 saturated carbocycles. The van der Waals surface area contributed by atoms with Gasteiger partial charge >= 0.3 is 0 Å². The van der Waals surface area contributed by atoms with Crippen LogP contribution in [0.3, 0.4) is 0 Å². The van der Waals surface area contributed by atoms with E-state index in [0.29, 0.717) is 36.5 Å². The molecule has 0 aliphatic carbocycles. The van der Waals surface area contributed by atoms with Gasteiger partial charge in [0.1, 0.15) is 12.4 Å². The molecule has 3 unspecified atom stereocenters. The second kappa shape index (κ2) is 16.6. The summed E-state index contributed by atoms with van der Waals surface area (Å²) in [4.78, 5) is 0. The van der Waals surface area contributed by atoms with E-state index in [1.807, 2.05) is 13.8 Å². The van der Waals surface area contributed by atoms with Crippen LogP contribution in [0.25, 0.3) is 0 Å². The highest BCUT2D eigenvalue weighted by atomic mass is 19.2. The molecule has 0 rings (SSSR count). The molecule has 0 spiro atoms. The Balaban J connectivity index is 5.29. The van der Waals surface area contributed by atoms with Gasteiger partial charge in [0.25, 0.3) is 0 Å². The minimum absolute atomic E-state index is 0.150. The Kier molecular flexibility index (Phi) is 15.7. The number of rotatable bonds is 18. The fourth-order valence-electron chi connectivity index (χ4n) is 3.36. The topological polar surface area (TPSA) is 18.5 Å². The van der Waals surface area contributed by atoms with Crippen LogP contribution in [0.5, 0.6) is 0 Å². The predicted molar refractivity (Wildman–Crippen MR) is 143 cm³/mol. The van der Waals surface area contributed by atoms with Crippen molar-refractivity contribution < 1.29 is 18.3 Å². The van der Waals surface area contributed by atoms with Gasteiger partial charge in [-0.15, -0.1) is 0 Å². The summed E-state index contributed by atoms with van der Waals surface area (Å²) in [5.74, 6) is -0.0832. The highest BCUT2D eigenvalue weighted by molar-refractivity contribution is 5.53. The lowest BCUT2D eigenvalue weighted by Gasteiger charge is -2.23. The van der Waals surface area contributed by atoms with E-state index < -0.39 is 11.7 Å². The first-order chi connectivity index (χ1) is 15.9. The molecule has 0 heterocycles. The maximum atomic E-state index is 15.1. The molecule has 0 amide bonds. The Morgan fingerprint density at radius 3 is 1.85 bits per heavy atom. The summed E-state index contributed by atoms with van der Waals surface area (Å²) in [5.41, 5.74) is 0.943. The zero-order valence-electron chi connectivity index (χ0n) is 22.7. The van der Waals surface area contributed by atoms with Gasteiger partial charge in [0.2, 0.25) is 0 Å². The Morgan fingerprint density at radius 2 is 1.35 bits per heavy atom. The lowest BCUT2D eigenvalue weighted by atomic mass is 9.83. The number of methoxy groups -OCH3 is 1. The van der Waals surface area contributed by atoms with Gasteiger partial charge in [-0.2, -0.15) is 0 Å². The van der Waals surface area contributed by atoms with Crippen molar-refractivity contribution in [3.63, 3.8) is 0 Å². The average molecular weight is 479 g/mol. The van der Waals surface area contributed by atoms with E-state index in [4.69, 9.17) is 9.47 Å². The van der Waals surface area contributed by atoms with Crippen molar-refractivity contribution in [1.82, 2.24) is 0 Å². The zero-order chi connectivity index (χ0) is 26.4. The van der Waals surface area contributed by atoms with E-state index in [9.17, 15) is 0 Å². The lowest BCUT2D eigenvalue weighted by molar-refractivity contribution is 0.113. The van der Waals surface area contributed by atoms with E-state index in [1.54, 1.807) is 13.2 Å². The molecule has 0 saturated heterocycles. The summed E-state index contributed by atoms with van der Waals surface area (Å²) in [6.45, 7) is 28.8. The Hall–Kier alpha value is -1.94. The molecule has 0 radical (unpaired) electrons. The first kappa shape index (κ1) is 32.1. The second-order valence-electron chi connectivity index (χ2n) is 9.88. The van der Waals surface area contributed by atoms with Crippen LogP contribution in [0.4, 0.5) is 8.78 Å². The standard InChI is InChI=1S/C30H48F2O2/c1-12-21(4)19-28(34-18-17-33-11)26(9)27(10)30(32)29(31)25(8)24(7)16-15-23(6)22(5)14-13-20(2)3/h19-20,22-24H,4,8-10,12-18H2,1-3,5-7,11H3/b28-19+,30-29-. The number of hydrogen-bond acceptors (Lipinski definition) is 2. The molecule has 0 bridgehead atoms.